The third-order valence-electron chi connectivity index (χ3n) is 3.42. The molecule has 0 bridgehead atoms. The Hall–Kier alpha value is -2.20. The Morgan fingerprint density at radius 1 is 1.10 bits per heavy atom. The van der Waals surface area contributed by atoms with E-state index in [2.05, 4.69) is 45.7 Å². The quantitative estimate of drug-likeness (QED) is 0.789. The van der Waals surface area contributed by atoms with Gasteiger partial charge < -0.3 is 5.32 Å². The van der Waals surface area contributed by atoms with Crippen LogP contribution in [0.1, 0.15) is 16.8 Å². The van der Waals surface area contributed by atoms with E-state index in [1.807, 2.05) is 30.9 Å². The average molecular weight is 266 g/mol. The molecule has 2 heterocycles. The Bertz CT molecular complexity index is 716. The number of fused-ring (bicyclic) bond motifs is 1. The first-order valence-corrected chi connectivity index (χ1v) is 6.77. The monoisotopic (exact) mass is 266 g/mol. The molecule has 102 valence electrons. The topological polar surface area (TPSA) is 42.7 Å². The molecule has 0 saturated carbocycles. The summed E-state index contributed by atoms with van der Waals surface area (Å²) in [5.74, 6) is 0. The van der Waals surface area contributed by atoms with Crippen LogP contribution in [0.15, 0.2) is 42.6 Å². The van der Waals surface area contributed by atoms with Gasteiger partial charge in [0.1, 0.15) is 0 Å². The van der Waals surface area contributed by atoms with E-state index in [-0.39, 0.29) is 0 Å². The van der Waals surface area contributed by atoms with Gasteiger partial charge in [0.15, 0.2) is 5.65 Å². The van der Waals surface area contributed by atoms with E-state index in [9.17, 15) is 0 Å². The third kappa shape index (κ3) is 2.56. The lowest BCUT2D eigenvalue weighted by Crippen LogP contribution is -2.12. The van der Waals surface area contributed by atoms with Crippen molar-refractivity contribution in [2.75, 3.05) is 0 Å². The molecule has 4 heteroatoms. The van der Waals surface area contributed by atoms with Crippen LogP contribution in [0.5, 0.6) is 0 Å². The minimum atomic E-state index is 0.812. The summed E-state index contributed by atoms with van der Waals surface area (Å²) in [5.41, 5.74) is 4.44. The highest BCUT2D eigenvalue weighted by Crippen LogP contribution is 2.16. The summed E-state index contributed by atoms with van der Waals surface area (Å²) >= 11 is 0. The standard InChI is InChI=1S/C16H18N4/c1-12-15-8-14(11-18-16(15)20(2)19-12)10-17-9-13-6-4-3-5-7-13/h3-8,11,17H,9-10H2,1-2H3. The van der Waals surface area contributed by atoms with Crippen molar-refractivity contribution in [2.45, 2.75) is 20.0 Å². The lowest BCUT2D eigenvalue weighted by Gasteiger charge is -2.05. The largest absolute Gasteiger partial charge is 0.309 e. The van der Waals surface area contributed by atoms with Gasteiger partial charge in [0.2, 0.25) is 0 Å². The Morgan fingerprint density at radius 2 is 1.85 bits per heavy atom. The molecular weight excluding hydrogens is 248 g/mol. The summed E-state index contributed by atoms with van der Waals surface area (Å²) in [6.07, 6.45) is 1.92. The van der Waals surface area contributed by atoms with E-state index < -0.39 is 0 Å². The van der Waals surface area contributed by atoms with Crippen molar-refractivity contribution >= 4 is 11.0 Å². The minimum Gasteiger partial charge on any atom is -0.309 e. The van der Waals surface area contributed by atoms with Crippen molar-refractivity contribution in [3.8, 4) is 0 Å². The fourth-order valence-electron chi connectivity index (χ4n) is 2.39. The van der Waals surface area contributed by atoms with Gasteiger partial charge in [-0.2, -0.15) is 5.10 Å². The molecule has 0 saturated heterocycles. The zero-order chi connectivity index (χ0) is 13.9. The molecule has 0 atom stereocenters. The van der Waals surface area contributed by atoms with E-state index in [0.717, 1.165) is 29.8 Å². The van der Waals surface area contributed by atoms with Crippen molar-refractivity contribution in [2.24, 2.45) is 7.05 Å². The summed E-state index contributed by atoms with van der Waals surface area (Å²) in [5, 5.41) is 8.97. The smallest absolute Gasteiger partial charge is 0.157 e. The van der Waals surface area contributed by atoms with E-state index in [1.54, 1.807) is 0 Å². The van der Waals surface area contributed by atoms with Gasteiger partial charge in [0, 0.05) is 31.7 Å². The molecule has 3 aromatic rings. The number of nitrogens with zero attached hydrogens (tertiary/aromatic N) is 3. The van der Waals surface area contributed by atoms with Crippen molar-refractivity contribution < 1.29 is 0 Å². The fraction of sp³-hybridized carbons (Fsp3) is 0.250. The summed E-state index contributed by atoms with van der Waals surface area (Å²) in [4.78, 5) is 4.49. The first-order chi connectivity index (χ1) is 9.74. The van der Waals surface area contributed by atoms with Gasteiger partial charge >= 0.3 is 0 Å². The lowest BCUT2D eigenvalue weighted by atomic mass is 10.2. The van der Waals surface area contributed by atoms with Crippen LogP contribution >= 0.6 is 0 Å². The molecule has 0 radical (unpaired) electrons. The Morgan fingerprint density at radius 3 is 2.65 bits per heavy atom. The number of benzene rings is 1. The summed E-state index contributed by atoms with van der Waals surface area (Å²) < 4.78 is 1.83. The molecular formula is C16H18N4. The van der Waals surface area contributed by atoms with Crippen LogP contribution in [0.25, 0.3) is 11.0 Å². The van der Waals surface area contributed by atoms with Crippen LogP contribution in [0.3, 0.4) is 0 Å². The van der Waals surface area contributed by atoms with Gasteiger partial charge in [-0.05, 0) is 24.1 Å². The third-order valence-corrected chi connectivity index (χ3v) is 3.42. The zero-order valence-electron chi connectivity index (χ0n) is 11.8. The van der Waals surface area contributed by atoms with E-state index in [1.165, 1.54) is 11.1 Å². The van der Waals surface area contributed by atoms with Crippen LogP contribution in [0, 0.1) is 6.92 Å². The van der Waals surface area contributed by atoms with E-state index in [0.29, 0.717) is 0 Å². The molecule has 4 nitrogen and oxygen atoms in total. The average Bonchev–Trinajstić information content (AvgIpc) is 2.75. The normalized spacial score (nSPS) is 11.1. The summed E-state index contributed by atoms with van der Waals surface area (Å²) in [6.45, 7) is 3.70. The highest BCUT2D eigenvalue weighted by Gasteiger charge is 2.06. The first kappa shape index (κ1) is 12.8. The molecule has 0 amide bonds. The van der Waals surface area contributed by atoms with Crippen LogP contribution in [0.4, 0.5) is 0 Å². The van der Waals surface area contributed by atoms with Crippen molar-refractivity contribution in [1.29, 1.82) is 0 Å². The van der Waals surface area contributed by atoms with Gasteiger partial charge in [-0.15, -0.1) is 0 Å². The maximum atomic E-state index is 4.49. The van der Waals surface area contributed by atoms with Gasteiger partial charge in [0.05, 0.1) is 5.69 Å². The van der Waals surface area contributed by atoms with Crippen molar-refractivity contribution in [3.05, 3.63) is 59.4 Å². The molecule has 1 N–H and O–H groups in total. The molecule has 0 aliphatic heterocycles. The van der Waals surface area contributed by atoms with Crippen molar-refractivity contribution in [1.82, 2.24) is 20.1 Å². The maximum absolute atomic E-state index is 4.49. The number of rotatable bonds is 4. The summed E-state index contributed by atoms with van der Waals surface area (Å²) in [7, 11) is 1.93. The Kier molecular flexibility index (Phi) is 3.48. The van der Waals surface area contributed by atoms with Crippen molar-refractivity contribution in [3.63, 3.8) is 0 Å². The molecule has 1 aromatic carbocycles. The molecule has 0 fully saturated rings. The van der Waals surface area contributed by atoms with E-state index >= 15 is 0 Å². The molecule has 3 rings (SSSR count). The predicted molar refractivity (Wildman–Crippen MR) is 80.2 cm³/mol. The molecule has 20 heavy (non-hydrogen) atoms. The minimum absolute atomic E-state index is 0.812. The SMILES string of the molecule is Cc1nn(C)c2ncc(CNCc3ccccc3)cc12. The second-order valence-electron chi connectivity index (χ2n) is 5.01. The fourth-order valence-corrected chi connectivity index (χ4v) is 2.39. The number of hydrogen-bond donors (Lipinski definition) is 1. The van der Waals surface area contributed by atoms with Crippen LogP contribution in [0.2, 0.25) is 0 Å². The van der Waals surface area contributed by atoms with E-state index in [4.69, 9.17) is 0 Å². The second kappa shape index (κ2) is 5.43. The number of aryl methyl sites for hydroxylation is 2. The highest BCUT2D eigenvalue weighted by molar-refractivity contribution is 5.78. The molecule has 0 spiro atoms. The summed E-state index contributed by atoms with van der Waals surface area (Å²) in [6, 6.07) is 12.6. The maximum Gasteiger partial charge on any atom is 0.157 e. The van der Waals surface area contributed by atoms with Gasteiger partial charge in [-0.1, -0.05) is 30.3 Å². The Balaban J connectivity index is 1.70. The molecule has 0 aliphatic carbocycles. The lowest BCUT2D eigenvalue weighted by molar-refractivity contribution is 0.692. The molecule has 2 aromatic heterocycles. The highest BCUT2D eigenvalue weighted by atomic mass is 15.3. The number of nitrogens with one attached hydrogen (secondary N) is 1. The van der Waals surface area contributed by atoms with Gasteiger partial charge in [-0.3, -0.25) is 4.68 Å². The molecule has 0 unspecified atom stereocenters. The zero-order valence-corrected chi connectivity index (χ0v) is 11.8. The van der Waals surface area contributed by atoms with Crippen LogP contribution < -0.4 is 5.32 Å². The van der Waals surface area contributed by atoms with Gasteiger partial charge in [-0.25, -0.2) is 4.98 Å². The number of pyridine rings is 1. The first-order valence-electron chi connectivity index (χ1n) is 6.77. The molecule has 0 aliphatic rings. The number of hydrogen-bond acceptors (Lipinski definition) is 3. The Labute approximate surface area is 118 Å². The van der Waals surface area contributed by atoms with Gasteiger partial charge in [0.25, 0.3) is 0 Å². The predicted octanol–water partition coefficient (Wildman–Crippen LogP) is 2.57. The second-order valence-corrected chi connectivity index (χ2v) is 5.01. The van der Waals surface area contributed by atoms with Crippen LogP contribution in [-0.4, -0.2) is 14.8 Å². The van der Waals surface area contributed by atoms with Crippen LogP contribution in [-0.2, 0) is 20.1 Å². The number of aromatic nitrogens is 3.